The van der Waals surface area contributed by atoms with Crippen LogP contribution in [0, 0.1) is 6.92 Å². The van der Waals surface area contributed by atoms with Gasteiger partial charge in [-0.2, -0.15) is 0 Å². The topological polar surface area (TPSA) is 43.1 Å². The molecule has 0 fully saturated rings. The van der Waals surface area contributed by atoms with Gasteiger partial charge in [0.1, 0.15) is 0 Å². The SMILES string of the molecule is Cc1ccsc1C(=O)CC(N)c1ccccc1. The minimum Gasteiger partial charge on any atom is -0.324 e. The average molecular weight is 245 g/mol. The second kappa shape index (κ2) is 5.25. The van der Waals surface area contributed by atoms with Crippen molar-refractivity contribution in [1.82, 2.24) is 0 Å². The van der Waals surface area contributed by atoms with Gasteiger partial charge in [0.05, 0.1) is 4.88 Å². The van der Waals surface area contributed by atoms with Crippen molar-refractivity contribution in [2.75, 3.05) is 0 Å². The number of rotatable bonds is 4. The standard InChI is InChI=1S/C14H15NOS/c1-10-7-8-17-14(10)13(16)9-12(15)11-5-3-2-4-6-11/h2-8,12H,9,15H2,1H3. The second-order valence-electron chi connectivity index (χ2n) is 4.08. The van der Waals surface area contributed by atoms with Gasteiger partial charge in [-0.15, -0.1) is 11.3 Å². The quantitative estimate of drug-likeness (QED) is 0.840. The molecule has 2 nitrogen and oxygen atoms in total. The van der Waals surface area contributed by atoms with Crippen LogP contribution in [0.25, 0.3) is 0 Å². The van der Waals surface area contributed by atoms with Crippen molar-refractivity contribution in [3.63, 3.8) is 0 Å². The van der Waals surface area contributed by atoms with E-state index >= 15 is 0 Å². The van der Waals surface area contributed by atoms with Crippen molar-refractivity contribution >= 4 is 17.1 Å². The summed E-state index contributed by atoms with van der Waals surface area (Å²) in [7, 11) is 0. The van der Waals surface area contributed by atoms with Crippen molar-refractivity contribution in [2.24, 2.45) is 5.73 Å². The molecule has 17 heavy (non-hydrogen) atoms. The summed E-state index contributed by atoms with van der Waals surface area (Å²) in [5.74, 6) is 0.133. The van der Waals surface area contributed by atoms with Crippen molar-refractivity contribution in [1.29, 1.82) is 0 Å². The van der Waals surface area contributed by atoms with Gasteiger partial charge in [0.2, 0.25) is 0 Å². The maximum Gasteiger partial charge on any atom is 0.174 e. The molecule has 2 rings (SSSR count). The van der Waals surface area contributed by atoms with Crippen LogP contribution in [0.15, 0.2) is 41.8 Å². The van der Waals surface area contributed by atoms with Gasteiger partial charge in [0, 0.05) is 12.5 Å². The summed E-state index contributed by atoms with van der Waals surface area (Å²) < 4.78 is 0. The zero-order chi connectivity index (χ0) is 12.3. The van der Waals surface area contributed by atoms with E-state index in [0.29, 0.717) is 6.42 Å². The lowest BCUT2D eigenvalue weighted by Gasteiger charge is -2.10. The van der Waals surface area contributed by atoms with Gasteiger partial charge in [0.15, 0.2) is 5.78 Å². The summed E-state index contributed by atoms with van der Waals surface area (Å²) in [5.41, 5.74) is 8.09. The Labute approximate surface area is 105 Å². The second-order valence-corrected chi connectivity index (χ2v) is 4.99. The van der Waals surface area contributed by atoms with Gasteiger partial charge in [-0.25, -0.2) is 0 Å². The van der Waals surface area contributed by atoms with Crippen LogP contribution in [0.5, 0.6) is 0 Å². The summed E-state index contributed by atoms with van der Waals surface area (Å²) in [5, 5.41) is 1.94. The van der Waals surface area contributed by atoms with Gasteiger partial charge in [-0.1, -0.05) is 30.3 Å². The monoisotopic (exact) mass is 245 g/mol. The van der Waals surface area contributed by atoms with E-state index in [-0.39, 0.29) is 11.8 Å². The van der Waals surface area contributed by atoms with E-state index in [1.807, 2.05) is 48.7 Å². The van der Waals surface area contributed by atoms with Crippen molar-refractivity contribution in [3.8, 4) is 0 Å². The number of Topliss-reactive ketones (excluding diaryl/α,β-unsaturated/α-hetero) is 1. The predicted octanol–water partition coefficient (Wildman–Crippen LogP) is 3.33. The van der Waals surface area contributed by atoms with Crippen LogP contribution < -0.4 is 5.73 Å². The fourth-order valence-corrected chi connectivity index (χ4v) is 2.65. The highest BCUT2D eigenvalue weighted by Crippen LogP contribution is 2.22. The van der Waals surface area contributed by atoms with Crippen molar-refractivity contribution in [3.05, 3.63) is 57.8 Å². The minimum atomic E-state index is -0.217. The molecule has 0 saturated carbocycles. The van der Waals surface area contributed by atoms with E-state index in [4.69, 9.17) is 5.73 Å². The smallest absolute Gasteiger partial charge is 0.174 e. The van der Waals surface area contributed by atoms with E-state index in [0.717, 1.165) is 16.0 Å². The van der Waals surface area contributed by atoms with Crippen LogP contribution in [0.1, 0.15) is 33.3 Å². The van der Waals surface area contributed by atoms with Gasteiger partial charge in [-0.3, -0.25) is 4.79 Å². The Bertz CT molecular complexity index is 504. The Morgan fingerprint density at radius 1 is 1.29 bits per heavy atom. The molecule has 2 aromatic rings. The molecule has 0 radical (unpaired) electrons. The van der Waals surface area contributed by atoms with Crippen LogP contribution in [-0.2, 0) is 0 Å². The van der Waals surface area contributed by atoms with Gasteiger partial charge in [-0.05, 0) is 29.5 Å². The zero-order valence-corrected chi connectivity index (χ0v) is 10.5. The number of ketones is 1. The molecule has 1 atom stereocenters. The Kier molecular flexibility index (Phi) is 3.71. The predicted molar refractivity (Wildman–Crippen MR) is 71.4 cm³/mol. The molecule has 0 bridgehead atoms. The molecule has 1 heterocycles. The number of hydrogen-bond donors (Lipinski definition) is 1. The molecule has 3 heteroatoms. The molecule has 0 aliphatic carbocycles. The number of carbonyl (C=O) groups excluding carboxylic acids is 1. The molecule has 1 aromatic carbocycles. The first-order valence-electron chi connectivity index (χ1n) is 5.56. The molecular weight excluding hydrogens is 230 g/mol. The average Bonchev–Trinajstić information content (AvgIpc) is 2.76. The number of aryl methyl sites for hydroxylation is 1. The van der Waals surface area contributed by atoms with Crippen LogP contribution in [-0.4, -0.2) is 5.78 Å². The highest BCUT2D eigenvalue weighted by Gasteiger charge is 2.15. The summed E-state index contributed by atoms with van der Waals surface area (Å²) in [6, 6.07) is 11.5. The minimum absolute atomic E-state index is 0.133. The fourth-order valence-electron chi connectivity index (χ4n) is 1.77. The lowest BCUT2D eigenvalue weighted by atomic mass is 10.0. The number of nitrogens with two attached hydrogens (primary N) is 1. The first-order valence-corrected chi connectivity index (χ1v) is 6.44. The van der Waals surface area contributed by atoms with Crippen LogP contribution in [0.3, 0.4) is 0 Å². The largest absolute Gasteiger partial charge is 0.324 e. The summed E-state index contributed by atoms with van der Waals surface area (Å²) in [6.07, 6.45) is 0.366. The van der Waals surface area contributed by atoms with Crippen LogP contribution in [0.2, 0.25) is 0 Å². The Balaban J connectivity index is 2.08. The lowest BCUT2D eigenvalue weighted by Crippen LogP contribution is -2.15. The third kappa shape index (κ3) is 2.81. The zero-order valence-electron chi connectivity index (χ0n) is 9.72. The van der Waals surface area contributed by atoms with Crippen LogP contribution in [0.4, 0.5) is 0 Å². The lowest BCUT2D eigenvalue weighted by molar-refractivity contribution is 0.0977. The normalized spacial score (nSPS) is 12.4. The molecule has 1 unspecified atom stereocenters. The van der Waals surface area contributed by atoms with E-state index in [1.54, 1.807) is 0 Å². The Morgan fingerprint density at radius 2 is 2.00 bits per heavy atom. The van der Waals surface area contributed by atoms with E-state index in [2.05, 4.69) is 0 Å². The molecular formula is C14H15NOS. The number of hydrogen-bond acceptors (Lipinski definition) is 3. The molecule has 0 spiro atoms. The maximum absolute atomic E-state index is 12.0. The van der Waals surface area contributed by atoms with Gasteiger partial charge < -0.3 is 5.73 Å². The van der Waals surface area contributed by atoms with Crippen molar-refractivity contribution < 1.29 is 4.79 Å². The summed E-state index contributed by atoms with van der Waals surface area (Å²) in [6.45, 7) is 1.96. The molecule has 0 aliphatic heterocycles. The molecule has 0 aliphatic rings. The third-order valence-electron chi connectivity index (χ3n) is 2.75. The van der Waals surface area contributed by atoms with Crippen molar-refractivity contribution in [2.45, 2.75) is 19.4 Å². The van der Waals surface area contributed by atoms with E-state index in [9.17, 15) is 4.79 Å². The van der Waals surface area contributed by atoms with Gasteiger partial charge >= 0.3 is 0 Å². The fraction of sp³-hybridized carbons (Fsp3) is 0.214. The molecule has 0 saturated heterocycles. The number of benzene rings is 1. The first kappa shape index (κ1) is 12.0. The molecule has 2 N–H and O–H groups in total. The van der Waals surface area contributed by atoms with Gasteiger partial charge in [0.25, 0.3) is 0 Å². The van der Waals surface area contributed by atoms with E-state index in [1.165, 1.54) is 11.3 Å². The number of carbonyl (C=O) groups is 1. The summed E-state index contributed by atoms with van der Waals surface area (Å²) in [4.78, 5) is 12.9. The first-order chi connectivity index (χ1) is 8.18. The molecule has 1 aromatic heterocycles. The summed E-state index contributed by atoms with van der Waals surface area (Å²) >= 11 is 1.49. The highest BCUT2D eigenvalue weighted by atomic mass is 32.1. The number of thiophene rings is 1. The maximum atomic E-state index is 12.0. The highest BCUT2D eigenvalue weighted by molar-refractivity contribution is 7.12. The van der Waals surface area contributed by atoms with E-state index < -0.39 is 0 Å². The Morgan fingerprint density at radius 3 is 2.59 bits per heavy atom. The Hall–Kier alpha value is -1.45. The van der Waals surface area contributed by atoms with Crippen LogP contribution >= 0.6 is 11.3 Å². The molecule has 88 valence electrons. The third-order valence-corrected chi connectivity index (χ3v) is 3.81. The molecule has 0 amide bonds.